The van der Waals surface area contributed by atoms with Crippen molar-refractivity contribution in [2.75, 3.05) is 33.2 Å². The molecule has 0 unspecified atom stereocenters. The molecule has 1 aliphatic heterocycles. The molecule has 31 heavy (non-hydrogen) atoms. The summed E-state index contributed by atoms with van der Waals surface area (Å²) in [4.78, 5) is 17.7. The molecule has 2 aromatic carbocycles. The van der Waals surface area contributed by atoms with Crippen LogP contribution in [0.4, 0.5) is 0 Å². The Hall–Kier alpha value is -1.79. The second kappa shape index (κ2) is 10.2. The van der Waals surface area contributed by atoms with Gasteiger partial charge >= 0.3 is 0 Å². The van der Waals surface area contributed by atoms with E-state index in [1.165, 1.54) is 25.7 Å². The highest BCUT2D eigenvalue weighted by Gasteiger charge is 2.28. The fourth-order valence-corrected chi connectivity index (χ4v) is 4.84. The Labute approximate surface area is 194 Å². The summed E-state index contributed by atoms with van der Waals surface area (Å²) >= 11 is 12.1. The Balaban J connectivity index is 1.45. The quantitative estimate of drug-likeness (QED) is 0.641. The van der Waals surface area contributed by atoms with Crippen LogP contribution >= 0.6 is 23.2 Å². The van der Waals surface area contributed by atoms with Crippen molar-refractivity contribution in [1.82, 2.24) is 15.1 Å². The van der Waals surface area contributed by atoms with Crippen LogP contribution in [0, 0.1) is 0 Å². The number of nitrogens with zero attached hydrogens (tertiary/aromatic N) is 2. The van der Waals surface area contributed by atoms with E-state index >= 15 is 0 Å². The van der Waals surface area contributed by atoms with Gasteiger partial charge in [-0.1, -0.05) is 36.0 Å². The molecule has 1 saturated heterocycles. The summed E-state index contributed by atoms with van der Waals surface area (Å²) in [5, 5.41) is 4.08. The fourth-order valence-electron chi connectivity index (χ4n) is 4.55. The van der Waals surface area contributed by atoms with Crippen molar-refractivity contribution in [3.8, 4) is 11.5 Å². The third-order valence-corrected chi connectivity index (χ3v) is 6.98. The van der Waals surface area contributed by atoms with Gasteiger partial charge in [-0.05, 0) is 50.2 Å². The minimum absolute atomic E-state index is 0.0875. The highest BCUT2D eigenvalue weighted by Crippen LogP contribution is 2.32. The predicted molar refractivity (Wildman–Crippen MR) is 125 cm³/mol. The summed E-state index contributed by atoms with van der Waals surface area (Å²) in [5.41, 5.74) is 1.62. The standard InChI is InChI=1S/C24H29Cl2N3O2/c1-27-16-18-14-17(6-9-23(18)31-20-7-8-21(25)22(26)15-20)24(30)29-12-10-28(11-13-29)19-4-2-3-5-19/h6-9,14-15,19,27H,2-5,10-13,16H2,1H3. The minimum Gasteiger partial charge on any atom is -0.457 e. The number of ether oxygens (including phenoxy) is 1. The molecule has 1 N–H and O–H groups in total. The van der Waals surface area contributed by atoms with Crippen molar-refractivity contribution >= 4 is 29.1 Å². The number of carbonyl (C=O) groups excluding carboxylic acids is 1. The number of hydrogen-bond donors (Lipinski definition) is 1. The smallest absolute Gasteiger partial charge is 0.253 e. The van der Waals surface area contributed by atoms with Gasteiger partial charge < -0.3 is 15.0 Å². The maximum Gasteiger partial charge on any atom is 0.253 e. The number of rotatable bonds is 6. The Bertz CT molecular complexity index is 923. The van der Waals surface area contributed by atoms with E-state index in [-0.39, 0.29) is 5.91 Å². The molecule has 1 saturated carbocycles. The van der Waals surface area contributed by atoms with Crippen molar-refractivity contribution in [3.05, 3.63) is 57.6 Å². The Morgan fingerprint density at radius 2 is 1.77 bits per heavy atom. The van der Waals surface area contributed by atoms with Gasteiger partial charge in [0.15, 0.2) is 0 Å². The summed E-state index contributed by atoms with van der Waals surface area (Å²) in [6, 6.07) is 11.5. The molecule has 7 heteroatoms. The summed E-state index contributed by atoms with van der Waals surface area (Å²) in [6.45, 7) is 4.11. The maximum atomic E-state index is 13.1. The maximum absolute atomic E-state index is 13.1. The number of nitrogens with one attached hydrogen (secondary N) is 1. The molecule has 4 rings (SSSR count). The Kier molecular flexibility index (Phi) is 7.39. The highest BCUT2D eigenvalue weighted by molar-refractivity contribution is 6.42. The highest BCUT2D eigenvalue weighted by atomic mass is 35.5. The minimum atomic E-state index is 0.0875. The second-order valence-electron chi connectivity index (χ2n) is 8.30. The first-order valence-corrected chi connectivity index (χ1v) is 11.7. The molecule has 0 bridgehead atoms. The lowest BCUT2D eigenvalue weighted by Crippen LogP contribution is -2.51. The monoisotopic (exact) mass is 461 g/mol. The third kappa shape index (κ3) is 5.35. The lowest BCUT2D eigenvalue weighted by atomic mass is 10.1. The van der Waals surface area contributed by atoms with Gasteiger partial charge in [-0.2, -0.15) is 0 Å². The van der Waals surface area contributed by atoms with Crippen molar-refractivity contribution in [3.63, 3.8) is 0 Å². The van der Waals surface area contributed by atoms with Crippen LogP contribution < -0.4 is 10.1 Å². The van der Waals surface area contributed by atoms with E-state index in [4.69, 9.17) is 27.9 Å². The summed E-state index contributed by atoms with van der Waals surface area (Å²) in [7, 11) is 1.87. The van der Waals surface area contributed by atoms with E-state index in [1.54, 1.807) is 18.2 Å². The largest absolute Gasteiger partial charge is 0.457 e. The molecule has 2 fully saturated rings. The van der Waals surface area contributed by atoms with Crippen molar-refractivity contribution in [2.24, 2.45) is 0 Å². The number of halogens is 2. The van der Waals surface area contributed by atoms with Crippen molar-refractivity contribution < 1.29 is 9.53 Å². The SMILES string of the molecule is CNCc1cc(C(=O)N2CCN(C3CCCC3)CC2)ccc1Oc1ccc(Cl)c(Cl)c1. The molecule has 166 valence electrons. The molecule has 5 nitrogen and oxygen atoms in total. The summed E-state index contributed by atoms with van der Waals surface area (Å²) in [5.74, 6) is 1.38. The number of carbonyl (C=O) groups is 1. The van der Waals surface area contributed by atoms with Crippen LogP contribution in [0.5, 0.6) is 11.5 Å². The summed E-state index contributed by atoms with van der Waals surface area (Å²) in [6.07, 6.45) is 5.30. The lowest BCUT2D eigenvalue weighted by Gasteiger charge is -2.38. The molecule has 2 aliphatic rings. The topological polar surface area (TPSA) is 44.8 Å². The molecule has 1 heterocycles. The van der Waals surface area contributed by atoms with E-state index in [9.17, 15) is 4.79 Å². The van der Waals surface area contributed by atoms with E-state index in [1.807, 2.05) is 30.1 Å². The number of piperazine rings is 1. The Morgan fingerprint density at radius 3 is 2.45 bits per heavy atom. The second-order valence-corrected chi connectivity index (χ2v) is 9.11. The van der Waals surface area contributed by atoms with Crippen LogP contribution in [0.15, 0.2) is 36.4 Å². The Morgan fingerprint density at radius 1 is 1.03 bits per heavy atom. The molecule has 0 atom stereocenters. The molecular weight excluding hydrogens is 433 g/mol. The van der Waals surface area contributed by atoms with Crippen LogP contribution in [0.1, 0.15) is 41.6 Å². The number of benzene rings is 2. The van der Waals surface area contributed by atoms with E-state index in [2.05, 4.69) is 10.2 Å². The van der Waals surface area contributed by atoms with Crippen molar-refractivity contribution in [2.45, 2.75) is 38.3 Å². The molecule has 1 amide bonds. The fraction of sp³-hybridized carbons (Fsp3) is 0.458. The van der Waals surface area contributed by atoms with Gasteiger partial charge in [-0.25, -0.2) is 0 Å². The first-order chi connectivity index (χ1) is 15.0. The zero-order valence-corrected chi connectivity index (χ0v) is 19.4. The molecule has 1 aliphatic carbocycles. The molecule has 2 aromatic rings. The van der Waals surface area contributed by atoms with Gasteiger partial charge in [0.25, 0.3) is 5.91 Å². The number of amides is 1. The third-order valence-electron chi connectivity index (χ3n) is 6.24. The predicted octanol–water partition coefficient (Wildman–Crippen LogP) is 5.21. The van der Waals surface area contributed by atoms with Crippen LogP contribution in [0.2, 0.25) is 10.0 Å². The molecule has 0 aromatic heterocycles. The van der Waals surface area contributed by atoms with Gasteiger partial charge in [-0.3, -0.25) is 9.69 Å². The van der Waals surface area contributed by atoms with Crippen molar-refractivity contribution in [1.29, 1.82) is 0 Å². The zero-order valence-electron chi connectivity index (χ0n) is 17.9. The lowest BCUT2D eigenvalue weighted by molar-refractivity contribution is 0.0573. The van der Waals surface area contributed by atoms with Gasteiger partial charge in [-0.15, -0.1) is 0 Å². The van der Waals surface area contributed by atoms with Crippen LogP contribution in [0.25, 0.3) is 0 Å². The van der Waals surface area contributed by atoms with Crippen LogP contribution in [0.3, 0.4) is 0 Å². The average Bonchev–Trinajstić information content (AvgIpc) is 3.32. The first-order valence-electron chi connectivity index (χ1n) is 11.0. The van der Waals surface area contributed by atoms with E-state index < -0.39 is 0 Å². The van der Waals surface area contributed by atoms with Crippen LogP contribution in [-0.2, 0) is 6.54 Å². The van der Waals surface area contributed by atoms with E-state index in [0.29, 0.717) is 33.7 Å². The van der Waals surface area contributed by atoms with Gasteiger partial charge in [0.05, 0.1) is 10.0 Å². The number of hydrogen-bond acceptors (Lipinski definition) is 4. The molecule has 0 spiro atoms. The van der Waals surface area contributed by atoms with Gasteiger partial charge in [0, 0.05) is 56.0 Å². The average molecular weight is 462 g/mol. The van der Waals surface area contributed by atoms with Gasteiger partial charge in [0.1, 0.15) is 11.5 Å². The molecular formula is C24H29Cl2N3O2. The van der Waals surface area contributed by atoms with Crippen LogP contribution in [-0.4, -0.2) is 55.0 Å². The normalized spacial score (nSPS) is 17.8. The summed E-state index contributed by atoms with van der Waals surface area (Å²) < 4.78 is 6.03. The zero-order chi connectivity index (χ0) is 21.8. The van der Waals surface area contributed by atoms with Gasteiger partial charge in [0.2, 0.25) is 0 Å². The first kappa shape index (κ1) is 22.4. The molecule has 0 radical (unpaired) electrons. The van der Waals surface area contributed by atoms with E-state index in [0.717, 1.165) is 37.8 Å².